The summed E-state index contributed by atoms with van der Waals surface area (Å²) >= 11 is 0. The fourth-order valence-electron chi connectivity index (χ4n) is 1.46. The molecular weight excluding hydrogens is 200 g/mol. The first kappa shape index (κ1) is 11.9. The van der Waals surface area contributed by atoms with Crippen LogP contribution in [0.25, 0.3) is 0 Å². The second-order valence-corrected chi connectivity index (χ2v) is 3.27. The van der Waals surface area contributed by atoms with Crippen molar-refractivity contribution in [3.63, 3.8) is 0 Å². The van der Waals surface area contributed by atoms with E-state index in [1.165, 1.54) is 0 Å². The van der Waals surface area contributed by atoms with Gasteiger partial charge >= 0.3 is 5.97 Å². The average molecular weight is 216 g/mol. The van der Waals surface area contributed by atoms with E-state index in [4.69, 9.17) is 15.2 Å². The van der Waals surface area contributed by atoms with Crippen molar-refractivity contribution >= 4 is 11.9 Å². The number of carbonyl (C=O) groups excluding carboxylic acids is 2. The Labute approximate surface area is 88.3 Å². The molecule has 15 heavy (non-hydrogen) atoms. The maximum Gasteiger partial charge on any atom is 0.320 e. The van der Waals surface area contributed by atoms with Crippen LogP contribution in [0.15, 0.2) is 0 Å². The van der Waals surface area contributed by atoms with Gasteiger partial charge in [-0.05, 0) is 6.92 Å². The number of esters is 1. The highest BCUT2D eigenvalue weighted by Gasteiger charge is 2.29. The Kier molecular flexibility index (Phi) is 4.51. The van der Waals surface area contributed by atoms with Gasteiger partial charge in [0.15, 0.2) is 0 Å². The number of amides is 1. The summed E-state index contributed by atoms with van der Waals surface area (Å²) in [6, 6.07) is -0.525. The number of nitrogens with zero attached hydrogens (tertiary/aromatic N) is 1. The summed E-state index contributed by atoms with van der Waals surface area (Å²) in [6.45, 7) is 3.43. The standard InChI is InChI=1S/C9H16N2O4/c1-2-15-8(12)5-11-3-4-14-6-7(11)9(10)13/h7H,2-6H2,1H3,(H2,10,13). The summed E-state index contributed by atoms with van der Waals surface area (Å²) in [7, 11) is 0. The summed E-state index contributed by atoms with van der Waals surface area (Å²) in [5.41, 5.74) is 5.19. The monoisotopic (exact) mass is 216 g/mol. The van der Waals surface area contributed by atoms with Crippen molar-refractivity contribution in [1.82, 2.24) is 4.90 Å². The topological polar surface area (TPSA) is 81.9 Å². The number of rotatable bonds is 4. The van der Waals surface area contributed by atoms with E-state index in [9.17, 15) is 9.59 Å². The van der Waals surface area contributed by atoms with E-state index in [0.29, 0.717) is 19.8 Å². The van der Waals surface area contributed by atoms with E-state index in [-0.39, 0.29) is 19.1 Å². The number of carbonyl (C=O) groups is 2. The van der Waals surface area contributed by atoms with Crippen LogP contribution in [0.1, 0.15) is 6.92 Å². The van der Waals surface area contributed by atoms with Gasteiger partial charge in [-0.2, -0.15) is 0 Å². The molecule has 1 unspecified atom stereocenters. The van der Waals surface area contributed by atoms with Crippen LogP contribution in [-0.4, -0.2) is 55.7 Å². The lowest BCUT2D eigenvalue weighted by atomic mass is 10.2. The molecule has 0 radical (unpaired) electrons. The van der Waals surface area contributed by atoms with Gasteiger partial charge in [0.25, 0.3) is 0 Å². The lowest BCUT2D eigenvalue weighted by Crippen LogP contribution is -2.54. The fraction of sp³-hybridized carbons (Fsp3) is 0.778. The molecule has 0 saturated carbocycles. The van der Waals surface area contributed by atoms with Crippen LogP contribution in [0.2, 0.25) is 0 Å². The zero-order valence-corrected chi connectivity index (χ0v) is 8.77. The average Bonchev–Trinajstić information content (AvgIpc) is 2.18. The molecule has 2 N–H and O–H groups in total. The Morgan fingerprint density at radius 1 is 1.60 bits per heavy atom. The van der Waals surface area contributed by atoms with Gasteiger partial charge in [0.2, 0.25) is 5.91 Å². The molecule has 1 atom stereocenters. The van der Waals surface area contributed by atoms with Crippen LogP contribution in [0.5, 0.6) is 0 Å². The summed E-state index contributed by atoms with van der Waals surface area (Å²) in [5, 5.41) is 0. The molecule has 1 amide bonds. The third kappa shape index (κ3) is 3.49. The van der Waals surface area contributed by atoms with Crippen molar-refractivity contribution in [1.29, 1.82) is 0 Å². The van der Waals surface area contributed by atoms with Crippen molar-refractivity contribution in [2.45, 2.75) is 13.0 Å². The largest absolute Gasteiger partial charge is 0.465 e. The predicted octanol–water partition coefficient (Wildman–Crippen LogP) is -1.26. The van der Waals surface area contributed by atoms with E-state index >= 15 is 0 Å². The normalized spacial score (nSPS) is 22.3. The lowest BCUT2D eigenvalue weighted by molar-refractivity contribution is -0.148. The SMILES string of the molecule is CCOC(=O)CN1CCOCC1C(N)=O. The minimum atomic E-state index is -0.525. The molecule has 1 saturated heterocycles. The van der Waals surface area contributed by atoms with Gasteiger partial charge < -0.3 is 15.2 Å². The molecule has 1 fully saturated rings. The molecule has 0 aromatic rings. The van der Waals surface area contributed by atoms with Crippen LogP contribution in [0.3, 0.4) is 0 Å². The van der Waals surface area contributed by atoms with Crippen LogP contribution in [0.4, 0.5) is 0 Å². The Morgan fingerprint density at radius 2 is 2.33 bits per heavy atom. The van der Waals surface area contributed by atoms with Crippen LogP contribution in [-0.2, 0) is 19.1 Å². The number of nitrogens with two attached hydrogens (primary N) is 1. The Morgan fingerprint density at radius 3 is 2.93 bits per heavy atom. The Hall–Kier alpha value is -1.14. The summed E-state index contributed by atoms with van der Waals surface area (Å²) in [4.78, 5) is 24.0. The Balaban J connectivity index is 2.49. The van der Waals surface area contributed by atoms with E-state index in [1.807, 2.05) is 0 Å². The smallest absolute Gasteiger partial charge is 0.320 e. The minimum absolute atomic E-state index is 0.0881. The first-order valence-corrected chi connectivity index (χ1v) is 4.92. The van der Waals surface area contributed by atoms with Crippen LogP contribution in [0, 0.1) is 0 Å². The number of morpholine rings is 1. The fourth-order valence-corrected chi connectivity index (χ4v) is 1.46. The molecule has 1 rings (SSSR count). The maximum absolute atomic E-state index is 11.2. The van der Waals surface area contributed by atoms with Crippen LogP contribution >= 0.6 is 0 Å². The van der Waals surface area contributed by atoms with Gasteiger partial charge in [-0.3, -0.25) is 14.5 Å². The third-order valence-corrected chi connectivity index (χ3v) is 2.21. The number of hydrogen-bond donors (Lipinski definition) is 1. The molecule has 6 heteroatoms. The molecule has 1 heterocycles. The third-order valence-electron chi connectivity index (χ3n) is 2.21. The molecule has 1 aliphatic rings. The van der Waals surface area contributed by atoms with E-state index in [0.717, 1.165) is 0 Å². The first-order chi connectivity index (χ1) is 7.15. The van der Waals surface area contributed by atoms with Gasteiger partial charge in [0.1, 0.15) is 6.04 Å². The zero-order valence-electron chi connectivity index (χ0n) is 8.77. The summed E-state index contributed by atoms with van der Waals surface area (Å²) in [5.74, 6) is -0.815. The van der Waals surface area contributed by atoms with Crippen molar-refractivity contribution in [2.75, 3.05) is 32.9 Å². The molecular formula is C9H16N2O4. The van der Waals surface area contributed by atoms with Crippen LogP contribution < -0.4 is 5.73 Å². The molecule has 0 spiro atoms. The highest BCUT2D eigenvalue weighted by molar-refractivity contribution is 5.81. The molecule has 0 aromatic carbocycles. The van der Waals surface area contributed by atoms with Gasteiger partial charge in [-0.15, -0.1) is 0 Å². The molecule has 6 nitrogen and oxygen atoms in total. The number of ether oxygens (including phenoxy) is 2. The maximum atomic E-state index is 11.2. The highest BCUT2D eigenvalue weighted by Crippen LogP contribution is 2.06. The second kappa shape index (κ2) is 5.67. The molecule has 86 valence electrons. The molecule has 0 aliphatic carbocycles. The molecule has 0 bridgehead atoms. The van der Waals surface area contributed by atoms with Crippen molar-refractivity contribution in [2.24, 2.45) is 5.73 Å². The molecule has 1 aliphatic heterocycles. The van der Waals surface area contributed by atoms with Gasteiger partial charge in [0.05, 0.1) is 26.4 Å². The van der Waals surface area contributed by atoms with Crippen molar-refractivity contribution in [3.05, 3.63) is 0 Å². The van der Waals surface area contributed by atoms with E-state index in [1.54, 1.807) is 11.8 Å². The quantitative estimate of drug-likeness (QED) is 0.593. The van der Waals surface area contributed by atoms with Gasteiger partial charge in [0, 0.05) is 6.54 Å². The highest BCUT2D eigenvalue weighted by atomic mass is 16.5. The Bertz CT molecular complexity index is 244. The van der Waals surface area contributed by atoms with Crippen molar-refractivity contribution < 1.29 is 19.1 Å². The van der Waals surface area contributed by atoms with E-state index < -0.39 is 11.9 Å². The van der Waals surface area contributed by atoms with Crippen molar-refractivity contribution in [3.8, 4) is 0 Å². The lowest BCUT2D eigenvalue weighted by Gasteiger charge is -2.32. The van der Waals surface area contributed by atoms with Gasteiger partial charge in [-0.25, -0.2) is 0 Å². The predicted molar refractivity (Wildman–Crippen MR) is 52.0 cm³/mol. The minimum Gasteiger partial charge on any atom is -0.465 e. The first-order valence-electron chi connectivity index (χ1n) is 4.92. The molecule has 0 aromatic heterocycles. The number of hydrogen-bond acceptors (Lipinski definition) is 5. The van der Waals surface area contributed by atoms with Gasteiger partial charge in [-0.1, -0.05) is 0 Å². The second-order valence-electron chi connectivity index (χ2n) is 3.27. The number of primary amides is 1. The summed E-state index contributed by atoms with van der Waals surface area (Å²) < 4.78 is 9.92. The zero-order chi connectivity index (χ0) is 11.3. The summed E-state index contributed by atoms with van der Waals surface area (Å²) in [6.07, 6.45) is 0. The van der Waals surface area contributed by atoms with E-state index in [2.05, 4.69) is 0 Å².